The van der Waals surface area contributed by atoms with Crippen LogP contribution >= 0.6 is 0 Å². The first kappa shape index (κ1) is 17.1. The number of benzene rings is 1. The molecule has 0 radical (unpaired) electrons. The summed E-state index contributed by atoms with van der Waals surface area (Å²) >= 11 is 0. The minimum Gasteiger partial charge on any atom is -0.379 e. The summed E-state index contributed by atoms with van der Waals surface area (Å²) in [6.45, 7) is 1.06. The summed E-state index contributed by atoms with van der Waals surface area (Å²) < 4.78 is 19.4. The molecule has 7 heteroatoms. The molecule has 1 aromatic carbocycles. The molecule has 1 aliphatic heterocycles. The van der Waals surface area contributed by atoms with Crippen LogP contribution in [0.1, 0.15) is 42.9 Å². The molecule has 1 aliphatic carbocycles. The van der Waals surface area contributed by atoms with Crippen molar-refractivity contribution in [2.45, 2.75) is 43.1 Å². The van der Waals surface area contributed by atoms with Crippen LogP contribution in [0.3, 0.4) is 0 Å². The molecule has 2 fully saturated rings. The quantitative estimate of drug-likeness (QED) is 0.911. The van der Waals surface area contributed by atoms with Gasteiger partial charge < -0.3 is 9.64 Å². The van der Waals surface area contributed by atoms with Crippen LogP contribution in [-0.2, 0) is 14.9 Å². The highest BCUT2D eigenvalue weighted by atomic mass is 19.1. The van der Waals surface area contributed by atoms with E-state index in [0.29, 0.717) is 13.1 Å². The van der Waals surface area contributed by atoms with Crippen molar-refractivity contribution in [3.8, 4) is 0 Å². The second kappa shape index (κ2) is 6.79. The molecule has 1 aromatic heterocycles. The minimum atomic E-state index is -0.626. The molecule has 4 rings (SSSR count). The Hall–Kier alpha value is -2.28. The number of hydrogen-bond donors (Lipinski definition) is 1. The molecule has 2 aromatic rings. The number of rotatable bonds is 4. The van der Waals surface area contributed by atoms with Crippen molar-refractivity contribution in [2.75, 3.05) is 20.2 Å². The average molecular weight is 358 g/mol. The smallest absolute Gasteiger partial charge is 0.233 e. The summed E-state index contributed by atoms with van der Waals surface area (Å²) in [6.07, 6.45) is 5.06. The van der Waals surface area contributed by atoms with E-state index in [0.717, 1.165) is 36.9 Å². The number of methoxy groups -OCH3 is 1. The lowest BCUT2D eigenvalue weighted by Gasteiger charge is -2.33. The third-order valence-electron chi connectivity index (χ3n) is 5.91. The molecule has 1 saturated carbocycles. The largest absolute Gasteiger partial charge is 0.379 e. The summed E-state index contributed by atoms with van der Waals surface area (Å²) in [4.78, 5) is 15.4. The van der Waals surface area contributed by atoms with Gasteiger partial charge in [0, 0.05) is 20.2 Å². The van der Waals surface area contributed by atoms with E-state index in [1.54, 1.807) is 19.4 Å². The van der Waals surface area contributed by atoms with E-state index in [1.807, 2.05) is 11.0 Å². The molecule has 2 atom stereocenters. The fraction of sp³-hybridized carbons (Fsp3) is 0.526. The van der Waals surface area contributed by atoms with Crippen LogP contribution in [-0.4, -0.2) is 52.5 Å². The minimum absolute atomic E-state index is 0.00587. The summed E-state index contributed by atoms with van der Waals surface area (Å²) in [6, 6.07) is 6.51. The van der Waals surface area contributed by atoms with Gasteiger partial charge in [0.25, 0.3) is 0 Å². The molecule has 0 spiro atoms. The van der Waals surface area contributed by atoms with Crippen LogP contribution < -0.4 is 0 Å². The maximum atomic E-state index is 13.8. The Kier molecular flexibility index (Phi) is 4.48. The third kappa shape index (κ3) is 2.80. The SMILES string of the molecule is CO[C@@H]1CN(C(=O)C2(c3cccc(F)c3)CCCC2)C[C@H]1c1cn[nH]n1. The van der Waals surface area contributed by atoms with E-state index >= 15 is 0 Å². The van der Waals surface area contributed by atoms with Crippen LogP contribution in [0.2, 0.25) is 0 Å². The molecule has 138 valence electrons. The van der Waals surface area contributed by atoms with Crippen LogP contribution in [0.4, 0.5) is 4.39 Å². The zero-order valence-corrected chi connectivity index (χ0v) is 14.8. The highest BCUT2D eigenvalue weighted by molar-refractivity contribution is 5.89. The van der Waals surface area contributed by atoms with Crippen molar-refractivity contribution >= 4 is 5.91 Å². The number of halogens is 1. The molecule has 1 amide bonds. The molecule has 0 unspecified atom stereocenters. The van der Waals surface area contributed by atoms with E-state index in [9.17, 15) is 9.18 Å². The molecule has 2 heterocycles. The highest BCUT2D eigenvalue weighted by Crippen LogP contribution is 2.44. The Bertz CT molecular complexity index is 774. The van der Waals surface area contributed by atoms with Crippen LogP contribution in [0, 0.1) is 5.82 Å². The zero-order chi connectivity index (χ0) is 18.1. The third-order valence-corrected chi connectivity index (χ3v) is 5.91. The maximum absolute atomic E-state index is 13.8. The van der Waals surface area contributed by atoms with Gasteiger partial charge in [-0.15, -0.1) is 0 Å². The Morgan fingerprint density at radius 1 is 1.35 bits per heavy atom. The number of aromatic amines is 1. The van der Waals surface area contributed by atoms with Gasteiger partial charge in [-0.25, -0.2) is 4.39 Å². The van der Waals surface area contributed by atoms with Crippen molar-refractivity contribution in [2.24, 2.45) is 0 Å². The van der Waals surface area contributed by atoms with E-state index in [4.69, 9.17) is 4.74 Å². The second-order valence-electron chi connectivity index (χ2n) is 7.29. The molecule has 6 nitrogen and oxygen atoms in total. The van der Waals surface area contributed by atoms with E-state index < -0.39 is 5.41 Å². The summed E-state index contributed by atoms with van der Waals surface area (Å²) in [7, 11) is 1.66. The Morgan fingerprint density at radius 2 is 2.15 bits per heavy atom. The number of likely N-dealkylation sites (tertiary alicyclic amines) is 1. The number of carbonyl (C=O) groups is 1. The van der Waals surface area contributed by atoms with Gasteiger partial charge in [-0.1, -0.05) is 25.0 Å². The van der Waals surface area contributed by atoms with Gasteiger partial charge >= 0.3 is 0 Å². The van der Waals surface area contributed by atoms with Crippen molar-refractivity contribution in [3.63, 3.8) is 0 Å². The number of ether oxygens (including phenoxy) is 1. The molecule has 1 saturated heterocycles. The number of nitrogens with zero attached hydrogens (tertiary/aromatic N) is 3. The van der Waals surface area contributed by atoms with E-state index in [-0.39, 0.29) is 23.7 Å². The van der Waals surface area contributed by atoms with Crippen molar-refractivity contribution in [1.29, 1.82) is 0 Å². The van der Waals surface area contributed by atoms with Gasteiger partial charge in [0.15, 0.2) is 0 Å². The molecule has 2 aliphatic rings. The standard InChI is InChI=1S/C19H23FN4O2/c1-26-17-12-24(11-15(17)16-10-21-23-22-16)18(25)19(7-2-3-8-19)13-5-4-6-14(20)9-13/h4-6,9-10,15,17H,2-3,7-8,11-12H2,1H3,(H,21,22,23)/t15-,17+/m0/s1. The first-order valence-electron chi connectivity index (χ1n) is 9.08. The monoisotopic (exact) mass is 358 g/mol. The average Bonchev–Trinajstić information content (AvgIpc) is 3.41. The van der Waals surface area contributed by atoms with Gasteiger partial charge in [-0.3, -0.25) is 4.79 Å². The number of H-pyrrole nitrogens is 1. The zero-order valence-electron chi connectivity index (χ0n) is 14.8. The van der Waals surface area contributed by atoms with Gasteiger partial charge in [0.1, 0.15) is 5.82 Å². The van der Waals surface area contributed by atoms with Crippen molar-refractivity contribution in [1.82, 2.24) is 20.3 Å². The lowest BCUT2D eigenvalue weighted by molar-refractivity contribution is -0.136. The van der Waals surface area contributed by atoms with Crippen molar-refractivity contribution < 1.29 is 13.9 Å². The van der Waals surface area contributed by atoms with Gasteiger partial charge in [0.2, 0.25) is 5.91 Å². The molecule has 26 heavy (non-hydrogen) atoms. The topological polar surface area (TPSA) is 71.1 Å². The number of nitrogens with one attached hydrogen (secondary N) is 1. The van der Waals surface area contributed by atoms with Gasteiger partial charge in [0.05, 0.1) is 29.3 Å². The number of hydrogen-bond acceptors (Lipinski definition) is 4. The Labute approximate surface area is 151 Å². The Morgan fingerprint density at radius 3 is 2.81 bits per heavy atom. The lowest BCUT2D eigenvalue weighted by atomic mass is 9.77. The molecular weight excluding hydrogens is 335 g/mol. The van der Waals surface area contributed by atoms with Crippen LogP contribution in [0.25, 0.3) is 0 Å². The number of aromatic nitrogens is 3. The first-order chi connectivity index (χ1) is 12.6. The van der Waals surface area contributed by atoms with Gasteiger partial charge in [-0.2, -0.15) is 15.4 Å². The molecule has 1 N–H and O–H groups in total. The summed E-state index contributed by atoms with van der Waals surface area (Å²) in [5.74, 6) is -0.222. The van der Waals surface area contributed by atoms with E-state index in [2.05, 4.69) is 15.4 Å². The van der Waals surface area contributed by atoms with Crippen LogP contribution in [0.15, 0.2) is 30.5 Å². The summed E-state index contributed by atoms with van der Waals surface area (Å²) in [5.41, 5.74) is 0.969. The maximum Gasteiger partial charge on any atom is 0.233 e. The van der Waals surface area contributed by atoms with Crippen molar-refractivity contribution in [3.05, 3.63) is 47.5 Å². The predicted molar refractivity (Wildman–Crippen MR) is 93.0 cm³/mol. The Balaban J connectivity index is 1.63. The summed E-state index contributed by atoms with van der Waals surface area (Å²) in [5, 5.41) is 10.7. The molecular formula is C19H23FN4O2. The fourth-order valence-corrected chi connectivity index (χ4v) is 4.55. The molecule has 0 bridgehead atoms. The second-order valence-corrected chi connectivity index (χ2v) is 7.29. The predicted octanol–water partition coefficient (Wildman–Crippen LogP) is 2.40. The fourth-order valence-electron chi connectivity index (χ4n) is 4.55. The van der Waals surface area contributed by atoms with Gasteiger partial charge in [-0.05, 0) is 30.5 Å². The number of carbonyl (C=O) groups excluding carboxylic acids is 1. The highest BCUT2D eigenvalue weighted by Gasteiger charge is 2.48. The van der Waals surface area contributed by atoms with Crippen LogP contribution in [0.5, 0.6) is 0 Å². The number of amides is 1. The lowest BCUT2D eigenvalue weighted by Crippen LogP contribution is -2.45. The first-order valence-corrected chi connectivity index (χ1v) is 9.08. The normalized spacial score (nSPS) is 24.9. The van der Waals surface area contributed by atoms with E-state index in [1.165, 1.54) is 12.1 Å².